The molecule has 1 amide bonds. The summed E-state index contributed by atoms with van der Waals surface area (Å²) in [5.41, 5.74) is 0. The van der Waals surface area contributed by atoms with Crippen LogP contribution in [0, 0.1) is 0 Å². The number of aliphatic hydroxyl groups excluding tert-OH is 4. The SMILES string of the molecule is CC(=O)NC[C@@H]1OC(O)[C@@H](O)[C@H](O)[C@@H]1O. The second kappa shape index (κ2) is 4.86. The number of carbonyl (C=O) groups is 1. The van der Waals surface area contributed by atoms with Gasteiger partial charge in [-0.15, -0.1) is 0 Å². The number of nitrogens with one attached hydrogen (secondary N) is 1. The van der Waals surface area contributed by atoms with Gasteiger partial charge in [-0.2, -0.15) is 0 Å². The van der Waals surface area contributed by atoms with Crippen LogP contribution in [-0.2, 0) is 9.53 Å². The van der Waals surface area contributed by atoms with Crippen molar-refractivity contribution in [3.63, 3.8) is 0 Å². The molecule has 0 aromatic carbocycles. The fourth-order valence-corrected chi connectivity index (χ4v) is 1.34. The highest BCUT2D eigenvalue weighted by atomic mass is 16.6. The molecule has 1 saturated heterocycles. The maximum atomic E-state index is 10.6. The summed E-state index contributed by atoms with van der Waals surface area (Å²) in [6, 6.07) is 0. The van der Waals surface area contributed by atoms with Crippen molar-refractivity contribution >= 4 is 5.91 Å². The van der Waals surface area contributed by atoms with Gasteiger partial charge in [-0.1, -0.05) is 0 Å². The van der Waals surface area contributed by atoms with Crippen molar-refractivity contribution in [1.82, 2.24) is 5.32 Å². The first-order chi connectivity index (χ1) is 6.93. The zero-order valence-corrected chi connectivity index (χ0v) is 8.20. The van der Waals surface area contributed by atoms with E-state index in [1.807, 2.05) is 0 Å². The molecular formula is C8H15NO6. The standard InChI is InChI=1S/C8H15NO6/c1-3(10)9-2-4-5(11)6(12)7(13)8(14)15-4/h4-8,11-14H,2H2,1H3,(H,9,10)/t4-,5+,6+,7-,8?/m0/s1. The maximum absolute atomic E-state index is 10.6. The number of carbonyl (C=O) groups excluding carboxylic acids is 1. The minimum atomic E-state index is -1.57. The third-order valence-corrected chi connectivity index (χ3v) is 2.24. The Balaban J connectivity index is 2.54. The van der Waals surface area contributed by atoms with Gasteiger partial charge in [0.1, 0.15) is 24.4 Å². The van der Waals surface area contributed by atoms with E-state index < -0.39 is 30.7 Å². The largest absolute Gasteiger partial charge is 0.388 e. The van der Waals surface area contributed by atoms with E-state index in [4.69, 9.17) is 14.9 Å². The third-order valence-electron chi connectivity index (χ3n) is 2.24. The van der Waals surface area contributed by atoms with Gasteiger partial charge in [-0.05, 0) is 0 Å². The van der Waals surface area contributed by atoms with Gasteiger partial charge in [0.25, 0.3) is 0 Å². The maximum Gasteiger partial charge on any atom is 0.216 e. The number of aliphatic hydroxyl groups is 4. The highest BCUT2D eigenvalue weighted by Crippen LogP contribution is 2.19. The van der Waals surface area contributed by atoms with Crippen molar-refractivity contribution in [2.45, 2.75) is 37.6 Å². The summed E-state index contributed by atoms with van der Waals surface area (Å²) in [5.74, 6) is -0.319. The Hall–Kier alpha value is -0.730. The van der Waals surface area contributed by atoms with Crippen molar-refractivity contribution < 1.29 is 30.0 Å². The van der Waals surface area contributed by atoms with E-state index in [9.17, 15) is 15.0 Å². The van der Waals surface area contributed by atoms with E-state index >= 15 is 0 Å². The highest BCUT2D eigenvalue weighted by Gasteiger charge is 2.42. The topological polar surface area (TPSA) is 119 Å². The number of hydrogen-bond acceptors (Lipinski definition) is 6. The average molecular weight is 221 g/mol. The molecule has 88 valence electrons. The van der Waals surface area contributed by atoms with Crippen LogP contribution in [0.5, 0.6) is 0 Å². The Bertz CT molecular complexity index is 235. The van der Waals surface area contributed by atoms with Crippen LogP contribution in [0.4, 0.5) is 0 Å². The Kier molecular flexibility index (Phi) is 4.00. The quantitative estimate of drug-likeness (QED) is 0.337. The number of hydrogen-bond donors (Lipinski definition) is 5. The van der Waals surface area contributed by atoms with Crippen LogP contribution in [0.3, 0.4) is 0 Å². The predicted octanol–water partition coefficient (Wildman–Crippen LogP) is -3.08. The Morgan fingerprint density at radius 3 is 2.33 bits per heavy atom. The molecule has 0 spiro atoms. The number of rotatable bonds is 2. The molecule has 0 aromatic rings. The lowest BCUT2D eigenvalue weighted by Crippen LogP contribution is -2.59. The van der Waals surface area contributed by atoms with E-state index in [1.165, 1.54) is 6.92 Å². The molecule has 15 heavy (non-hydrogen) atoms. The molecular weight excluding hydrogens is 206 g/mol. The Morgan fingerprint density at radius 1 is 1.20 bits per heavy atom. The number of ether oxygens (including phenoxy) is 1. The monoisotopic (exact) mass is 221 g/mol. The van der Waals surface area contributed by atoms with Gasteiger partial charge in [0, 0.05) is 13.5 Å². The summed E-state index contributed by atoms with van der Waals surface area (Å²) in [4.78, 5) is 10.6. The van der Waals surface area contributed by atoms with E-state index in [2.05, 4.69) is 5.32 Å². The minimum Gasteiger partial charge on any atom is -0.388 e. The van der Waals surface area contributed by atoms with Crippen molar-refractivity contribution in [3.05, 3.63) is 0 Å². The van der Waals surface area contributed by atoms with Crippen molar-refractivity contribution in [2.75, 3.05) is 6.54 Å². The molecule has 1 unspecified atom stereocenters. The molecule has 0 bridgehead atoms. The van der Waals surface area contributed by atoms with Gasteiger partial charge in [0.05, 0.1) is 0 Å². The molecule has 1 heterocycles. The van der Waals surface area contributed by atoms with Crippen molar-refractivity contribution in [1.29, 1.82) is 0 Å². The molecule has 1 aliphatic heterocycles. The molecule has 7 heteroatoms. The molecule has 7 nitrogen and oxygen atoms in total. The molecule has 0 aliphatic carbocycles. The Labute approximate surface area is 86.3 Å². The molecule has 1 rings (SSSR count). The normalized spacial score (nSPS) is 41.3. The molecule has 0 aromatic heterocycles. The Morgan fingerprint density at radius 2 is 1.80 bits per heavy atom. The second-order valence-corrected chi connectivity index (χ2v) is 3.47. The number of amides is 1. The van der Waals surface area contributed by atoms with Crippen LogP contribution in [0.25, 0.3) is 0 Å². The van der Waals surface area contributed by atoms with Crippen LogP contribution < -0.4 is 5.32 Å². The first kappa shape index (κ1) is 12.3. The summed E-state index contributed by atoms with van der Waals surface area (Å²) >= 11 is 0. The van der Waals surface area contributed by atoms with Crippen LogP contribution in [0.2, 0.25) is 0 Å². The van der Waals surface area contributed by atoms with Gasteiger partial charge < -0.3 is 30.5 Å². The fraction of sp³-hybridized carbons (Fsp3) is 0.875. The molecule has 0 radical (unpaired) electrons. The summed E-state index contributed by atoms with van der Waals surface area (Å²) in [7, 11) is 0. The minimum absolute atomic E-state index is 0.0443. The summed E-state index contributed by atoms with van der Waals surface area (Å²) < 4.78 is 4.81. The molecule has 5 N–H and O–H groups in total. The van der Waals surface area contributed by atoms with E-state index in [1.54, 1.807) is 0 Å². The summed E-state index contributed by atoms with van der Waals surface area (Å²) in [6.07, 6.45) is -6.90. The van der Waals surface area contributed by atoms with Crippen molar-refractivity contribution in [2.24, 2.45) is 0 Å². The van der Waals surface area contributed by atoms with Gasteiger partial charge in [-0.25, -0.2) is 0 Å². The lowest BCUT2D eigenvalue weighted by molar-refractivity contribution is -0.280. The van der Waals surface area contributed by atoms with Gasteiger partial charge >= 0.3 is 0 Å². The zero-order valence-electron chi connectivity index (χ0n) is 8.20. The second-order valence-electron chi connectivity index (χ2n) is 3.47. The van der Waals surface area contributed by atoms with Crippen LogP contribution >= 0.6 is 0 Å². The van der Waals surface area contributed by atoms with Gasteiger partial charge in [0.15, 0.2) is 6.29 Å². The fourth-order valence-electron chi connectivity index (χ4n) is 1.34. The van der Waals surface area contributed by atoms with Crippen LogP contribution in [-0.4, -0.2) is 63.6 Å². The van der Waals surface area contributed by atoms with E-state index in [0.29, 0.717) is 0 Å². The van der Waals surface area contributed by atoms with Gasteiger partial charge in [0.2, 0.25) is 5.91 Å². The van der Waals surface area contributed by atoms with Gasteiger partial charge in [-0.3, -0.25) is 4.79 Å². The molecule has 5 atom stereocenters. The summed E-state index contributed by atoms with van der Waals surface area (Å²) in [5, 5.41) is 39.4. The lowest BCUT2D eigenvalue weighted by Gasteiger charge is -2.38. The van der Waals surface area contributed by atoms with E-state index in [0.717, 1.165) is 0 Å². The highest BCUT2D eigenvalue weighted by molar-refractivity contribution is 5.72. The third kappa shape index (κ3) is 2.86. The van der Waals surface area contributed by atoms with Crippen molar-refractivity contribution in [3.8, 4) is 0 Å². The molecule has 0 saturated carbocycles. The lowest BCUT2D eigenvalue weighted by atomic mass is 9.99. The van der Waals surface area contributed by atoms with Crippen LogP contribution in [0.15, 0.2) is 0 Å². The smallest absolute Gasteiger partial charge is 0.216 e. The van der Waals surface area contributed by atoms with Crippen LogP contribution in [0.1, 0.15) is 6.92 Å². The zero-order chi connectivity index (χ0) is 11.6. The predicted molar refractivity (Wildman–Crippen MR) is 47.6 cm³/mol. The molecule has 1 fully saturated rings. The van der Waals surface area contributed by atoms with E-state index in [-0.39, 0.29) is 12.5 Å². The first-order valence-electron chi connectivity index (χ1n) is 4.55. The first-order valence-corrected chi connectivity index (χ1v) is 4.55. The average Bonchev–Trinajstić information content (AvgIpc) is 2.18. The summed E-state index contributed by atoms with van der Waals surface area (Å²) in [6.45, 7) is 1.24. The molecule has 1 aliphatic rings.